The van der Waals surface area contributed by atoms with Crippen molar-refractivity contribution in [3.63, 3.8) is 0 Å². The Morgan fingerprint density at radius 1 is 0.483 bits per heavy atom. The maximum Gasteiger partial charge on any atom is -0.147 e. The van der Waals surface area contributed by atoms with Crippen LogP contribution in [0, 0.1) is 0 Å². The zero-order valence-electron chi connectivity index (χ0n) is 39.9. The average molecular weight is 1010 g/mol. The van der Waals surface area contributed by atoms with Crippen molar-refractivity contribution in [2.24, 2.45) is 0 Å². The van der Waals surface area contributed by atoms with Crippen molar-refractivity contribution in [3.05, 3.63) is 128 Å². The summed E-state index contributed by atoms with van der Waals surface area (Å²) in [4.78, 5) is 0. The van der Waals surface area contributed by atoms with Gasteiger partial charge in [0.2, 0.25) is 0 Å². The minimum absolute atomic E-state index is 0. The third-order valence-corrected chi connectivity index (χ3v) is 36.7. The van der Waals surface area contributed by atoms with Gasteiger partial charge in [0, 0.05) is 0 Å². The number of hydrogen-bond acceptors (Lipinski definition) is 0. The number of hydrogen-bond donors (Lipinski definition) is 0. The molecule has 324 valence electrons. The summed E-state index contributed by atoms with van der Waals surface area (Å²) in [5, 5.41) is 0. The number of allylic oxidation sites excluding steroid dienone is 2. The van der Waals surface area contributed by atoms with Gasteiger partial charge in [-0.1, -0.05) is 0 Å². The van der Waals surface area contributed by atoms with Crippen LogP contribution >= 0.6 is 24.8 Å². The van der Waals surface area contributed by atoms with E-state index in [1.807, 2.05) is 0 Å². The Balaban J connectivity index is 0.00000341. The number of rotatable bonds is 10. The monoisotopic (exact) mass is 1010 g/mol. The minimum atomic E-state index is -3.23. The molecule has 2 unspecified atom stereocenters. The molecule has 7 rings (SSSR count). The second kappa shape index (κ2) is 18.1. The molecule has 3 aliphatic rings. The first-order chi connectivity index (χ1) is 27.2. The molecule has 60 heavy (non-hydrogen) atoms. The molecular weight excluding hydrogens is 934 g/mol. The molecule has 0 aromatic heterocycles. The van der Waals surface area contributed by atoms with Crippen LogP contribution in [0.1, 0.15) is 194 Å². The van der Waals surface area contributed by atoms with Gasteiger partial charge in [-0.15, -0.1) is 24.8 Å². The Kier molecular flexibility index (Phi) is 14.8. The van der Waals surface area contributed by atoms with Crippen LogP contribution in [0.2, 0.25) is 8.35 Å². The molecule has 1 heterocycles. The molecule has 0 N–H and O–H groups in total. The van der Waals surface area contributed by atoms with Crippen LogP contribution in [0.25, 0.3) is 34.4 Å². The van der Waals surface area contributed by atoms with E-state index in [4.69, 9.17) is 0 Å². The van der Waals surface area contributed by atoms with Crippen molar-refractivity contribution in [2.45, 2.75) is 179 Å². The molecule has 1 aliphatic heterocycles. The number of fused-ring (bicyclic) bond motifs is 2. The van der Waals surface area contributed by atoms with Gasteiger partial charge in [0.15, 0.2) is 0 Å². The molecule has 1 fully saturated rings. The summed E-state index contributed by atoms with van der Waals surface area (Å²) in [7, 11) is 0. The van der Waals surface area contributed by atoms with Crippen LogP contribution in [0.15, 0.2) is 83.9 Å². The van der Waals surface area contributed by atoms with Gasteiger partial charge < -0.3 is 0 Å². The Hall–Kier alpha value is -2.19. The molecular formula is C57H78Cl2Hf. The van der Waals surface area contributed by atoms with E-state index in [-0.39, 0.29) is 46.5 Å². The van der Waals surface area contributed by atoms with Crippen molar-refractivity contribution in [1.29, 1.82) is 0 Å². The maximum absolute atomic E-state index is 3.23. The first-order valence-electron chi connectivity index (χ1n) is 23.2. The van der Waals surface area contributed by atoms with E-state index < -0.39 is 20.0 Å². The molecule has 1 saturated heterocycles. The van der Waals surface area contributed by atoms with Crippen LogP contribution in [0.5, 0.6) is 0 Å². The van der Waals surface area contributed by atoms with Gasteiger partial charge in [-0.2, -0.15) is 0 Å². The SMILES string of the molecule is CCCCC1=Cc2c(-c3cc(C(C)(C)C)cc(C(C)(C)C)c3)cccc2[CH]1[Hf]1([CH]2C(CCCC)=Cc3c(-c4cc(C(C)(C)C)cc(C(C)(C)C)c4)cccc32)[CH2]C[CH2]1.Cl.Cl. The normalized spacial score (nSPS) is 18.4. The first-order valence-corrected chi connectivity index (χ1v) is 32.4. The summed E-state index contributed by atoms with van der Waals surface area (Å²) in [6, 6.07) is 30.0. The van der Waals surface area contributed by atoms with Crippen LogP contribution in [0.3, 0.4) is 0 Å². The van der Waals surface area contributed by atoms with Gasteiger partial charge in [-0.3, -0.25) is 0 Å². The van der Waals surface area contributed by atoms with Crippen molar-refractivity contribution >= 4 is 37.0 Å². The van der Waals surface area contributed by atoms with Gasteiger partial charge in [-0.05, 0) is 0 Å². The van der Waals surface area contributed by atoms with Crippen LogP contribution < -0.4 is 0 Å². The summed E-state index contributed by atoms with van der Waals surface area (Å²) in [6.45, 7) is 33.3. The van der Waals surface area contributed by atoms with Crippen LogP contribution in [0.4, 0.5) is 0 Å². The van der Waals surface area contributed by atoms with Gasteiger partial charge in [0.25, 0.3) is 0 Å². The minimum Gasteiger partial charge on any atom is -0.147 e. The van der Waals surface area contributed by atoms with E-state index in [1.165, 1.54) is 97.8 Å². The fourth-order valence-corrected chi connectivity index (χ4v) is 33.4. The topological polar surface area (TPSA) is 0 Å². The van der Waals surface area contributed by atoms with E-state index in [9.17, 15) is 0 Å². The zero-order chi connectivity index (χ0) is 42.0. The van der Waals surface area contributed by atoms with Gasteiger partial charge in [-0.25, -0.2) is 0 Å². The van der Waals surface area contributed by atoms with Crippen molar-refractivity contribution in [2.75, 3.05) is 0 Å². The summed E-state index contributed by atoms with van der Waals surface area (Å²) in [5.74, 6) is 0. The molecule has 4 aromatic carbocycles. The van der Waals surface area contributed by atoms with Gasteiger partial charge >= 0.3 is 362 Å². The third kappa shape index (κ3) is 9.36. The zero-order valence-corrected chi connectivity index (χ0v) is 45.1. The Morgan fingerprint density at radius 2 is 0.817 bits per heavy atom. The van der Waals surface area contributed by atoms with E-state index in [2.05, 4.69) is 182 Å². The second-order valence-electron chi connectivity index (χ2n) is 22.8. The van der Waals surface area contributed by atoms with E-state index in [0.29, 0.717) is 7.35 Å². The second-order valence-corrected chi connectivity index (χ2v) is 39.4. The quantitative estimate of drug-likeness (QED) is 0.139. The molecule has 2 atom stereocenters. The molecule has 0 amide bonds. The largest absolute Gasteiger partial charge is 0.147 e. The maximum atomic E-state index is 2.75. The Morgan fingerprint density at radius 3 is 1.08 bits per heavy atom. The van der Waals surface area contributed by atoms with E-state index in [1.54, 1.807) is 33.4 Å². The Bertz CT molecular complexity index is 2020. The molecule has 0 bridgehead atoms. The smallest absolute Gasteiger partial charge is 0.147 e. The van der Waals surface area contributed by atoms with Crippen molar-refractivity contribution < 1.29 is 20.0 Å². The fourth-order valence-electron chi connectivity index (χ4n) is 10.6. The molecule has 0 radical (unpaired) electrons. The molecule has 0 saturated carbocycles. The molecule has 0 spiro atoms. The molecule has 4 aromatic rings. The predicted octanol–water partition coefficient (Wildman–Crippen LogP) is 18.4. The van der Waals surface area contributed by atoms with Crippen molar-refractivity contribution in [1.82, 2.24) is 0 Å². The van der Waals surface area contributed by atoms with Gasteiger partial charge in [0.05, 0.1) is 0 Å². The Labute approximate surface area is 384 Å². The average Bonchev–Trinajstić information content (AvgIpc) is 3.70. The molecule has 0 nitrogen and oxygen atoms in total. The summed E-state index contributed by atoms with van der Waals surface area (Å²) < 4.78 is 4.36. The van der Waals surface area contributed by atoms with Crippen LogP contribution in [-0.2, 0) is 41.6 Å². The summed E-state index contributed by atoms with van der Waals surface area (Å²) in [6.07, 6.45) is 14.5. The van der Waals surface area contributed by atoms with Gasteiger partial charge in [0.1, 0.15) is 0 Å². The number of unbranched alkanes of at least 4 members (excludes halogenated alkanes) is 2. The van der Waals surface area contributed by atoms with Crippen LogP contribution in [-0.4, -0.2) is 0 Å². The standard InChI is InChI=1S/2C27H35.C3H6.2ClH.Hf/c2*1-8-9-11-19-14-20-12-10-13-24(25(20)15-19)21-16-22(26(2,3)4)18-23(17-21)27(5,6)7;1-3-2;;;/h2*10,12-18H,8-9,11H2,1-7H3;1-3H2;2*1H;. The number of halogens is 2. The van der Waals surface area contributed by atoms with E-state index in [0.717, 1.165) is 0 Å². The molecule has 2 aliphatic carbocycles. The summed E-state index contributed by atoms with van der Waals surface area (Å²) in [5.41, 5.74) is 21.9. The number of benzene rings is 4. The predicted molar refractivity (Wildman–Crippen MR) is 268 cm³/mol. The fraction of sp³-hybridized carbons (Fsp3) is 0.509. The van der Waals surface area contributed by atoms with E-state index >= 15 is 0 Å². The third-order valence-electron chi connectivity index (χ3n) is 14.3. The summed E-state index contributed by atoms with van der Waals surface area (Å²) >= 11 is -3.23. The first kappa shape index (κ1) is 48.8. The molecule has 3 heteroatoms. The van der Waals surface area contributed by atoms with Crippen molar-refractivity contribution in [3.8, 4) is 22.3 Å².